The van der Waals surface area contributed by atoms with Crippen molar-refractivity contribution in [2.75, 3.05) is 30.9 Å². The fourth-order valence-electron chi connectivity index (χ4n) is 1.99. The molecule has 15 heavy (non-hydrogen) atoms. The molecule has 1 aromatic rings. The van der Waals surface area contributed by atoms with E-state index in [-0.39, 0.29) is 0 Å². The Morgan fingerprint density at radius 3 is 3.07 bits per heavy atom. The van der Waals surface area contributed by atoms with Crippen molar-refractivity contribution >= 4 is 17.4 Å². The highest BCUT2D eigenvalue weighted by Crippen LogP contribution is 2.22. The first kappa shape index (κ1) is 10.8. The van der Waals surface area contributed by atoms with E-state index in [0.29, 0.717) is 6.04 Å². The van der Waals surface area contributed by atoms with Gasteiger partial charge in [0.1, 0.15) is 0 Å². The van der Waals surface area contributed by atoms with Crippen LogP contribution in [-0.2, 0) is 6.54 Å². The van der Waals surface area contributed by atoms with Crippen molar-refractivity contribution in [2.24, 2.45) is 0 Å². The van der Waals surface area contributed by atoms with Gasteiger partial charge in [-0.15, -0.1) is 0 Å². The van der Waals surface area contributed by atoms with E-state index >= 15 is 0 Å². The number of para-hydroxylation sites is 1. The molecule has 1 heterocycles. The van der Waals surface area contributed by atoms with Gasteiger partial charge in [0.2, 0.25) is 0 Å². The minimum Gasteiger partial charge on any atom is -0.383 e. The second-order valence-corrected chi connectivity index (χ2v) is 4.97. The molecule has 82 valence electrons. The Hall–Kier alpha value is -0.670. The molecule has 0 radical (unpaired) electrons. The van der Waals surface area contributed by atoms with Crippen LogP contribution in [0, 0.1) is 0 Å². The third kappa shape index (κ3) is 2.47. The Morgan fingerprint density at radius 2 is 2.27 bits per heavy atom. The molecule has 3 heteroatoms. The Morgan fingerprint density at radius 1 is 1.47 bits per heavy atom. The standard InChI is InChI=1S/C12H18N2S/c1-14-8-10-5-3-4-6-12(10)13-7-11(14)9-15-2/h3-6,11,13H,7-9H2,1-2H3. The van der Waals surface area contributed by atoms with E-state index < -0.39 is 0 Å². The topological polar surface area (TPSA) is 15.3 Å². The molecule has 0 fully saturated rings. The smallest absolute Gasteiger partial charge is 0.0386 e. The third-order valence-corrected chi connectivity index (χ3v) is 3.67. The van der Waals surface area contributed by atoms with Crippen LogP contribution in [-0.4, -0.2) is 36.5 Å². The number of rotatable bonds is 2. The maximum Gasteiger partial charge on any atom is 0.0386 e. The second-order valence-electron chi connectivity index (χ2n) is 4.06. The molecule has 1 aliphatic rings. The molecule has 0 saturated heterocycles. The van der Waals surface area contributed by atoms with Crippen LogP contribution in [0.1, 0.15) is 5.56 Å². The molecule has 1 unspecified atom stereocenters. The lowest BCUT2D eigenvalue weighted by Crippen LogP contribution is -2.36. The molecule has 2 nitrogen and oxygen atoms in total. The van der Waals surface area contributed by atoms with Gasteiger partial charge in [0.05, 0.1) is 0 Å². The predicted molar refractivity (Wildman–Crippen MR) is 68.6 cm³/mol. The van der Waals surface area contributed by atoms with Gasteiger partial charge in [-0.3, -0.25) is 4.90 Å². The fraction of sp³-hybridized carbons (Fsp3) is 0.500. The minimum atomic E-state index is 0.632. The zero-order chi connectivity index (χ0) is 10.7. The number of hydrogen-bond donors (Lipinski definition) is 1. The van der Waals surface area contributed by atoms with Crippen molar-refractivity contribution in [3.05, 3.63) is 29.8 Å². The monoisotopic (exact) mass is 222 g/mol. The molecular weight excluding hydrogens is 204 g/mol. The summed E-state index contributed by atoms with van der Waals surface area (Å²) >= 11 is 1.92. The molecule has 0 amide bonds. The van der Waals surface area contributed by atoms with Crippen LogP contribution in [0.2, 0.25) is 0 Å². The van der Waals surface area contributed by atoms with Crippen molar-refractivity contribution in [2.45, 2.75) is 12.6 Å². The van der Waals surface area contributed by atoms with Crippen LogP contribution in [0.5, 0.6) is 0 Å². The van der Waals surface area contributed by atoms with Crippen molar-refractivity contribution < 1.29 is 0 Å². The number of thioether (sulfide) groups is 1. The molecule has 0 aliphatic carbocycles. The molecule has 2 rings (SSSR count). The van der Waals surface area contributed by atoms with Gasteiger partial charge in [0, 0.05) is 30.6 Å². The lowest BCUT2D eigenvalue weighted by molar-refractivity contribution is 0.268. The molecule has 1 aromatic carbocycles. The quantitative estimate of drug-likeness (QED) is 0.826. The largest absolute Gasteiger partial charge is 0.383 e. The summed E-state index contributed by atoms with van der Waals surface area (Å²) in [6, 6.07) is 9.22. The van der Waals surface area contributed by atoms with E-state index in [0.717, 1.165) is 13.1 Å². The van der Waals surface area contributed by atoms with Crippen LogP contribution in [0.3, 0.4) is 0 Å². The van der Waals surface area contributed by atoms with E-state index in [1.54, 1.807) is 0 Å². The van der Waals surface area contributed by atoms with Gasteiger partial charge in [-0.2, -0.15) is 11.8 Å². The molecule has 0 saturated carbocycles. The number of nitrogens with zero attached hydrogens (tertiary/aromatic N) is 1. The number of fused-ring (bicyclic) bond motifs is 1. The van der Waals surface area contributed by atoms with Crippen LogP contribution in [0.25, 0.3) is 0 Å². The Bertz CT molecular complexity index is 327. The lowest BCUT2D eigenvalue weighted by Gasteiger charge is -2.24. The van der Waals surface area contributed by atoms with Crippen LogP contribution >= 0.6 is 11.8 Å². The van der Waals surface area contributed by atoms with E-state index in [4.69, 9.17) is 0 Å². The molecule has 0 bridgehead atoms. The normalized spacial score (nSPS) is 21.6. The number of nitrogens with one attached hydrogen (secondary N) is 1. The minimum absolute atomic E-state index is 0.632. The number of likely N-dealkylation sites (N-methyl/N-ethyl adjacent to an activating group) is 1. The summed E-state index contributed by atoms with van der Waals surface area (Å²) in [6.45, 7) is 2.10. The third-order valence-electron chi connectivity index (χ3n) is 2.95. The zero-order valence-electron chi connectivity index (χ0n) is 9.36. The highest BCUT2D eigenvalue weighted by molar-refractivity contribution is 7.98. The van der Waals surface area contributed by atoms with E-state index in [9.17, 15) is 0 Å². The van der Waals surface area contributed by atoms with E-state index in [1.807, 2.05) is 11.8 Å². The summed E-state index contributed by atoms with van der Waals surface area (Å²) in [5.41, 5.74) is 2.71. The molecule has 1 N–H and O–H groups in total. The Labute approximate surface area is 96.0 Å². The SMILES string of the molecule is CSCC1CNc2ccccc2CN1C. The van der Waals surface area contributed by atoms with Crippen molar-refractivity contribution in [1.29, 1.82) is 0 Å². The summed E-state index contributed by atoms with van der Waals surface area (Å²) < 4.78 is 0. The average molecular weight is 222 g/mol. The molecule has 0 spiro atoms. The average Bonchev–Trinajstić information content (AvgIpc) is 2.40. The van der Waals surface area contributed by atoms with Crippen LogP contribution < -0.4 is 5.32 Å². The van der Waals surface area contributed by atoms with Crippen LogP contribution in [0.4, 0.5) is 5.69 Å². The van der Waals surface area contributed by atoms with E-state index in [1.165, 1.54) is 17.0 Å². The fourth-order valence-corrected chi connectivity index (χ4v) is 2.75. The Balaban J connectivity index is 2.15. The highest BCUT2D eigenvalue weighted by atomic mass is 32.2. The number of hydrogen-bond acceptors (Lipinski definition) is 3. The number of anilines is 1. The summed E-state index contributed by atoms with van der Waals surface area (Å²) in [7, 11) is 2.21. The number of benzene rings is 1. The van der Waals surface area contributed by atoms with Crippen molar-refractivity contribution in [3.8, 4) is 0 Å². The summed E-state index contributed by atoms with van der Waals surface area (Å²) in [4.78, 5) is 2.44. The van der Waals surface area contributed by atoms with Gasteiger partial charge < -0.3 is 5.32 Å². The zero-order valence-corrected chi connectivity index (χ0v) is 10.2. The summed E-state index contributed by atoms with van der Waals surface area (Å²) in [6.07, 6.45) is 2.17. The van der Waals surface area contributed by atoms with Gasteiger partial charge in [0.25, 0.3) is 0 Å². The highest BCUT2D eigenvalue weighted by Gasteiger charge is 2.19. The first-order chi connectivity index (χ1) is 7.31. The first-order valence-corrected chi connectivity index (χ1v) is 6.71. The Kier molecular flexibility index (Phi) is 3.54. The second kappa shape index (κ2) is 4.90. The maximum absolute atomic E-state index is 3.54. The van der Waals surface area contributed by atoms with E-state index in [2.05, 4.69) is 47.8 Å². The van der Waals surface area contributed by atoms with Gasteiger partial charge in [-0.25, -0.2) is 0 Å². The molecular formula is C12H18N2S. The van der Waals surface area contributed by atoms with Crippen molar-refractivity contribution in [3.63, 3.8) is 0 Å². The predicted octanol–water partition coefficient (Wildman–Crippen LogP) is 2.28. The molecule has 1 atom stereocenters. The maximum atomic E-state index is 3.54. The molecule has 0 aromatic heterocycles. The summed E-state index contributed by atoms with van der Waals surface area (Å²) in [5.74, 6) is 1.19. The summed E-state index contributed by atoms with van der Waals surface area (Å²) in [5, 5.41) is 3.54. The van der Waals surface area contributed by atoms with Crippen molar-refractivity contribution in [1.82, 2.24) is 4.90 Å². The van der Waals surface area contributed by atoms with Gasteiger partial charge in [-0.1, -0.05) is 18.2 Å². The first-order valence-electron chi connectivity index (χ1n) is 5.32. The molecule has 1 aliphatic heterocycles. The lowest BCUT2D eigenvalue weighted by atomic mass is 10.2. The van der Waals surface area contributed by atoms with Gasteiger partial charge in [0.15, 0.2) is 0 Å². The van der Waals surface area contributed by atoms with Crippen LogP contribution in [0.15, 0.2) is 24.3 Å². The van der Waals surface area contributed by atoms with Gasteiger partial charge >= 0.3 is 0 Å². The van der Waals surface area contributed by atoms with Gasteiger partial charge in [-0.05, 0) is 24.9 Å².